The average Bonchev–Trinajstić information content (AvgIpc) is 2.54. The molecule has 0 radical (unpaired) electrons. The van der Waals surface area contributed by atoms with Crippen molar-refractivity contribution in [2.24, 2.45) is 4.99 Å². The first-order valence-corrected chi connectivity index (χ1v) is 9.90. The third kappa shape index (κ3) is 7.49. The fraction of sp³-hybridized carbons (Fsp3) is 0.588. The molecule has 0 aromatic heterocycles. The zero-order chi connectivity index (χ0) is 18.2. The standard InChI is InChI=1S/C17H30N4O2S.HI/c1-6-21(7-2)24(22,23)13-12-19-17(18-4)20(5)14-16-11-9-8-10-15(16)3;/h8-11H,6-7,12-14H2,1-5H3,(H,18,19);1H. The number of hydrogen-bond acceptors (Lipinski definition) is 3. The van der Waals surface area contributed by atoms with Crippen LogP contribution in [0.4, 0.5) is 0 Å². The van der Waals surface area contributed by atoms with Gasteiger partial charge in [0.2, 0.25) is 10.0 Å². The summed E-state index contributed by atoms with van der Waals surface area (Å²) in [7, 11) is 0.429. The quantitative estimate of drug-likeness (QED) is 0.351. The van der Waals surface area contributed by atoms with Crippen molar-refractivity contribution in [2.45, 2.75) is 27.3 Å². The summed E-state index contributed by atoms with van der Waals surface area (Å²) in [6.07, 6.45) is 0. The number of rotatable bonds is 8. The summed E-state index contributed by atoms with van der Waals surface area (Å²) in [6.45, 7) is 7.84. The average molecular weight is 482 g/mol. The van der Waals surface area contributed by atoms with Gasteiger partial charge in [-0.2, -0.15) is 0 Å². The molecule has 6 nitrogen and oxygen atoms in total. The normalized spacial score (nSPS) is 12.0. The van der Waals surface area contributed by atoms with Crippen molar-refractivity contribution >= 4 is 40.0 Å². The maximum absolute atomic E-state index is 12.2. The Labute approximate surface area is 169 Å². The summed E-state index contributed by atoms with van der Waals surface area (Å²) in [5, 5.41) is 3.14. The van der Waals surface area contributed by atoms with Gasteiger partial charge in [0.05, 0.1) is 5.75 Å². The minimum Gasteiger partial charge on any atom is -0.355 e. The van der Waals surface area contributed by atoms with Crippen LogP contribution in [0.2, 0.25) is 0 Å². The molecule has 0 aliphatic heterocycles. The number of guanidine groups is 1. The Morgan fingerprint density at radius 1 is 1.20 bits per heavy atom. The lowest BCUT2D eigenvalue weighted by molar-refractivity contribution is 0.443. The maximum Gasteiger partial charge on any atom is 0.215 e. The van der Waals surface area contributed by atoms with Gasteiger partial charge in [-0.15, -0.1) is 24.0 Å². The molecule has 0 saturated carbocycles. The second-order valence-electron chi connectivity index (χ2n) is 5.66. The van der Waals surface area contributed by atoms with Crippen molar-refractivity contribution < 1.29 is 8.42 Å². The van der Waals surface area contributed by atoms with Gasteiger partial charge in [-0.25, -0.2) is 12.7 Å². The summed E-state index contributed by atoms with van der Waals surface area (Å²) in [6, 6.07) is 8.20. The number of aliphatic imine (C=N–C) groups is 1. The lowest BCUT2D eigenvalue weighted by Gasteiger charge is -2.24. The van der Waals surface area contributed by atoms with E-state index in [2.05, 4.69) is 29.4 Å². The van der Waals surface area contributed by atoms with Crippen LogP contribution < -0.4 is 5.32 Å². The van der Waals surface area contributed by atoms with Gasteiger partial charge in [0.15, 0.2) is 5.96 Å². The molecule has 8 heteroatoms. The number of nitrogens with one attached hydrogen (secondary N) is 1. The van der Waals surface area contributed by atoms with Gasteiger partial charge in [0.1, 0.15) is 0 Å². The van der Waals surface area contributed by atoms with Crippen molar-refractivity contribution in [3.05, 3.63) is 35.4 Å². The lowest BCUT2D eigenvalue weighted by Crippen LogP contribution is -2.42. The van der Waals surface area contributed by atoms with Crippen LogP contribution in [0, 0.1) is 6.92 Å². The number of sulfonamides is 1. The van der Waals surface area contributed by atoms with Crippen LogP contribution in [0.25, 0.3) is 0 Å². The summed E-state index contributed by atoms with van der Waals surface area (Å²) >= 11 is 0. The van der Waals surface area contributed by atoms with Gasteiger partial charge in [0, 0.05) is 40.3 Å². The summed E-state index contributed by atoms with van der Waals surface area (Å²) in [5.41, 5.74) is 2.45. The first kappa shape index (κ1) is 24.1. The maximum atomic E-state index is 12.2. The van der Waals surface area contributed by atoms with Crippen molar-refractivity contribution in [2.75, 3.05) is 39.5 Å². The van der Waals surface area contributed by atoms with Crippen LogP contribution in [0.5, 0.6) is 0 Å². The van der Waals surface area contributed by atoms with Crippen LogP contribution in [-0.2, 0) is 16.6 Å². The lowest BCUT2D eigenvalue weighted by atomic mass is 10.1. The van der Waals surface area contributed by atoms with Gasteiger partial charge in [-0.1, -0.05) is 38.1 Å². The first-order chi connectivity index (χ1) is 11.4. The van der Waals surface area contributed by atoms with E-state index < -0.39 is 10.0 Å². The van der Waals surface area contributed by atoms with E-state index >= 15 is 0 Å². The highest BCUT2D eigenvalue weighted by molar-refractivity contribution is 14.0. The zero-order valence-electron chi connectivity index (χ0n) is 15.8. The third-order valence-corrected chi connectivity index (χ3v) is 6.01. The first-order valence-electron chi connectivity index (χ1n) is 8.29. The monoisotopic (exact) mass is 482 g/mol. The van der Waals surface area contributed by atoms with Crippen LogP contribution in [0.1, 0.15) is 25.0 Å². The van der Waals surface area contributed by atoms with Crippen molar-refractivity contribution in [1.82, 2.24) is 14.5 Å². The van der Waals surface area contributed by atoms with Crippen molar-refractivity contribution in [1.29, 1.82) is 0 Å². The van der Waals surface area contributed by atoms with Crippen molar-refractivity contribution in [3.8, 4) is 0 Å². The smallest absolute Gasteiger partial charge is 0.215 e. The van der Waals surface area contributed by atoms with E-state index in [9.17, 15) is 8.42 Å². The van der Waals surface area contributed by atoms with E-state index in [0.29, 0.717) is 25.6 Å². The number of halogens is 1. The van der Waals surface area contributed by atoms with Gasteiger partial charge in [0.25, 0.3) is 0 Å². The Kier molecular flexibility index (Phi) is 11.3. The van der Waals surface area contributed by atoms with E-state index in [1.807, 2.05) is 37.9 Å². The summed E-state index contributed by atoms with van der Waals surface area (Å²) in [4.78, 5) is 6.23. The fourth-order valence-electron chi connectivity index (χ4n) is 2.54. The molecule has 0 aliphatic carbocycles. The third-order valence-electron chi connectivity index (χ3n) is 3.98. The molecule has 0 bridgehead atoms. The molecule has 0 unspecified atom stereocenters. The molecule has 0 aliphatic rings. The Balaban J connectivity index is 0.00000576. The van der Waals surface area contributed by atoms with Crippen LogP contribution in [-0.4, -0.2) is 63.1 Å². The van der Waals surface area contributed by atoms with E-state index in [1.165, 1.54) is 15.4 Å². The molecule has 1 rings (SSSR count). The number of hydrogen-bond donors (Lipinski definition) is 1. The summed E-state index contributed by atoms with van der Waals surface area (Å²) in [5.74, 6) is 0.749. The number of nitrogens with zero attached hydrogens (tertiary/aromatic N) is 3. The molecule has 1 aromatic rings. The largest absolute Gasteiger partial charge is 0.355 e. The molecule has 0 saturated heterocycles. The second-order valence-corrected chi connectivity index (χ2v) is 7.75. The van der Waals surface area contributed by atoms with E-state index in [4.69, 9.17) is 0 Å². The SMILES string of the molecule is CCN(CC)S(=O)(=O)CCNC(=NC)N(C)Cc1ccccc1C.I. The van der Waals surface area contributed by atoms with Crippen LogP contribution >= 0.6 is 24.0 Å². The Bertz CT molecular complexity index is 646. The molecular weight excluding hydrogens is 451 g/mol. The molecule has 1 aromatic carbocycles. The topological polar surface area (TPSA) is 65.0 Å². The minimum atomic E-state index is -3.22. The van der Waals surface area contributed by atoms with Crippen LogP contribution in [0.3, 0.4) is 0 Å². The molecule has 0 atom stereocenters. The van der Waals surface area contributed by atoms with Gasteiger partial charge in [-0.3, -0.25) is 4.99 Å². The van der Waals surface area contributed by atoms with Crippen molar-refractivity contribution in [3.63, 3.8) is 0 Å². The molecule has 144 valence electrons. The molecule has 0 heterocycles. The Morgan fingerprint density at radius 2 is 1.80 bits per heavy atom. The molecule has 1 N–H and O–H groups in total. The molecule has 25 heavy (non-hydrogen) atoms. The minimum absolute atomic E-state index is 0. The fourth-order valence-corrected chi connectivity index (χ4v) is 3.95. The van der Waals surface area contributed by atoms with Gasteiger partial charge >= 0.3 is 0 Å². The predicted molar refractivity (Wildman–Crippen MR) is 116 cm³/mol. The second kappa shape index (κ2) is 11.7. The Hall–Kier alpha value is -0.870. The number of benzene rings is 1. The van der Waals surface area contributed by atoms with Crippen LogP contribution in [0.15, 0.2) is 29.3 Å². The van der Waals surface area contributed by atoms with E-state index in [-0.39, 0.29) is 29.7 Å². The summed E-state index contributed by atoms with van der Waals surface area (Å²) < 4.78 is 25.9. The highest BCUT2D eigenvalue weighted by atomic mass is 127. The highest BCUT2D eigenvalue weighted by Gasteiger charge is 2.18. The highest BCUT2D eigenvalue weighted by Crippen LogP contribution is 2.09. The Morgan fingerprint density at radius 3 is 2.32 bits per heavy atom. The molecule has 0 amide bonds. The van der Waals surface area contributed by atoms with E-state index in [0.717, 1.165) is 6.54 Å². The molecule has 0 spiro atoms. The number of aryl methyl sites for hydroxylation is 1. The predicted octanol–water partition coefficient (Wildman–Crippen LogP) is 2.29. The molecule has 0 fully saturated rings. The van der Waals surface area contributed by atoms with E-state index in [1.54, 1.807) is 7.05 Å². The zero-order valence-corrected chi connectivity index (χ0v) is 19.0. The van der Waals surface area contributed by atoms with Gasteiger partial charge < -0.3 is 10.2 Å². The molecular formula is C17H31IN4O2S. The van der Waals surface area contributed by atoms with Gasteiger partial charge in [-0.05, 0) is 18.1 Å².